The van der Waals surface area contributed by atoms with Gasteiger partial charge in [-0.3, -0.25) is 0 Å². The molecule has 11 heteroatoms. The van der Waals surface area contributed by atoms with Gasteiger partial charge in [-0.15, -0.1) is 13.2 Å². The Morgan fingerprint density at radius 1 is 1.05 bits per heavy atom. The van der Waals surface area contributed by atoms with E-state index in [1.165, 1.54) is 12.1 Å². The van der Waals surface area contributed by atoms with Crippen LogP contribution in [-0.2, 0) is 11.3 Å². The molecule has 1 N–H and O–H groups in total. The predicted molar refractivity (Wildman–Crippen MR) is 141 cm³/mol. The number of anilines is 1. The highest BCUT2D eigenvalue weighted by atomic mass is 19.4. The van der Waals surface area contributed by atoms with Gasteiger partial charge in [0.1, 0.15) is 22.8 Å². The molecule has 0 radical (unpaired) electrons. The van der Waals surface area contributed by atoms with E-state index in [0.29, 0.717) is 22.6 Å². The molecule has 1 aliphatic carbocycles. The van der Waals surface area contributed by atoms with Gasteiger partial charge in [0.2, 0.25) is 5.76 Å². The van der Waals surface area contributed by atoms with Crippen molar-refractivity contribution in [2.75, 3.05) is 4.90 Å². The first kappa shape index (κ1) is 25.9. The average molecular weight is 569 g/mol. The number of furan rings is 1. The maximum atomic E-state index is 13.1. The van der Waals surface area contributed by atoms with Gasteiger partial charge in [-0.1, -0.05) is 17.3 Å². The lowest BCUT2D eigenvalue weighted by Crippen LogP contribution is -2.45. The molecule has 7 rings (SSSR count). The number of benzene rings is 2. The van der Waals surface area contributed by atoms with Gasteiger partial charge in [-0.25, -0.2) is 4.79 Å². The fourth-order valence-corrected chi connectivity index (χ4v) is 6.40. The zero-order chi connectivity index (χ0) is 28.3. The van der Waals surface area contributed by atoms with Crippen molar-refractivity contribution in [3.05, 3.63) is 65.6 Å². The van der Waals surface area contributed by atoms with E-state index < -0.39 is 12.3 Å². The largest absolute Gasteiger partial charge is 0.573 e. The van der Waals surface area contributed by atoms with Crippen LogP contribution in [0.4, 0.5) is 18.9 Å². The molecule has 2 aliphatic heterocycles. The van der Waals surface area contributed by atoms with E-state index in [-0.39, 0.29) is 47.8 Å². The molecule has 2 aromatic heterocycles. The van der Waals surface area contributed by atoms with Gasteiger partial charge >= 0.3 is 12.3 Å². The minimum atomic E-state index is -4.83. The van der Waals surface area contributed by atoms with Crippen LogP contribution in [0.3, 0.4) is 0 Å². The Hall–Kier alpha value is -3.99. The Morgan fingerprint density at radius 3 is 2.51 bits per heavy atom. The average Bonchev–Trinajstić information content (AvgIpc) is 3.44. The summed E-state index contributed by atoms with van der Waals surface area (Å²) in [6.07, 6.45) is 0.658. The van der Waals surface area contributed by atoms with Gasteiger partial charge in [0.05, 0.1) is 12.7 Å². The maximum Gasteiger partial charge on any atom is 0.573 e. The number of hydrogen-bond donors (Lipinski definition) is 1. The standard InChI is InChI=1S/C30H27F3N2O6/c31-30(32,33)40-25-4-2-1-3-22(25)27-23(28(41-34-27)16-5-6-16)15-38-21-13-19-7-8-20(14-21)35(19)18-9-10-24-17(11-18)12-26(39-24)29(36)37/h1-4,9-12,16,19-21H,5-8,13-15H2,(H,36,37). The third-order valence-corrected chi connectivity index (χ3v) is 8.30. The van der Waals surface area contributed by atoms with Crippen molar-refractivity contribution in [3.63, 3.8) is 0 Å². The lowest BCUT2D eigenvalue weighted by atomic mass is 9.98. The topological polar surface area (TPSA) is 98.2 Å². The SMILES string of the molecule is O=C(O)c1cc2cc(N3C4CCC3CC(OCc3c(-c5ccccc5OC(F)(F)F)noc3C3CC3)C4)ccc2o1. The molecule has 4 heterocycles. The number of aromatic nitrogens is 1. The number of carbonyl (C=O) groups is 1. The third kappa shape index (κ3) is 5.03. The Kier molecular flexibility index (Phi) is 6.22. The van der Waals surface area contributed by atoms with Crippen LogP contribution < -0.4 is 9.64 Å². The first-order valence-corrected chi connectivity index (χ1v) is 13.7. The van der Waals surface area contributed by atoms with Crippen LogP contribution in [0.1, 0.15) is 66.3 Å². The van der Waals surface area contributed by atoms with Crippen molar-refractivity contribution in [1.82, 2.24) is 5.16 Å². The lowest BCUT2D eigenvalue weighted by molar-refractivity contribution is -0.274. The normalized spacial score (nSPS) is 22.4. The second kappa shape index (κ2) is 9.83. The number of carboxylic acids is 1. The van der Waals surface area contributed by atoms with Gasteiger partial charge in [-0.05, 0) is 74.9 Å². The number of halogens is 3. The number of aromatic carboxylic acids is 1. The van der Waals surface area contributed by atoms with Crippen LogP contribution in [0.25, 0.3) is 22.2 Å². The van der Waals surface area contributed by atoms with Crippen LogP contribution in [0.5, 0.6) is 5.75 Å². The van der Waals surface area contributed by atoms with Crippen molar-refractivity contribution < 1.29 is 41.5 Å². The van der Waals surface area contributed by atoms with Crippen molar-refractivity contribution in [3.8, 4) is 17.0 Å². The monoisotopic (exact) mass is 568 g/mol. The van der Waals surface area contributed by atoms with Crippen LogP contribution in [0.15, 0.2) is 57.5 Å². The summed E-state index contributed by atoms with van der Waals surface area (Å²) in [5, 5.41) is 14.2. The van der Waals surface area contributed by atoms with Crippen molar-refractivity contribution >= 4 is 22.6 Å². The molecule has 2 bridgehead atoms. The number of alkyl halides is 3. The van der Waals surface area contributed by atoms with E-state index in [2.05, 4.69) is 14.8 Å². The highest BCUT2D eigenvalue weighted by molar-refractivity contribution is 5.92. The van der Waals surface area contributed by atoms with E-state index in [1.54, 1.807) is 18.2 Å². The minimum absolute atomic E-state index is 0.0310. The Morgan fingerprint density at radius 2 is 1.80 bits per heavy atom. The van der Waals surface area contributed by atoms with Crippen LogP contribution in [0.2, 0.25) is 0 Å². The van der Waals surface area contributed by atoms with Crippen LogP contribution in [0, 0.1) is 0 Å². The van der Waals surface area contributed by atoms with Gasteiger partial charge in [0.25, 0.3) is 0 Å². The fraction of sp³-hybridized carbons (Fsp3) is 0.400. The van der Waals surface area contributed by atoms with Gasteiger partial charge in [0.15, 0.2) is 0 Å². The molecule has 3 aliphatic rings. The molecule has 214 valence electrons. The van der Waals surface area contributed by atoms with E-state index in [9.17, 15) is 23.1 Å². The summed E-state index contributed by atoms with van der Waals surface area (Å²) in [7, 11) is 0. The summed E-state index contributed by atoms with van der Waals surface area (Å²) in [5.41, 5.74) is 2.78. The number of hydrogen-bond acceptors (Lipinski definition) is 7. The molecule has 3 fully saturated rings. The number of piperidine rings is 1. The summed E-state index contributed by atoms with van der Waals surface area (Å²) in [4.78, 5) is 13.7. The molecule has 2 saturated heterocycles. The first-order chi connectivity index (χ1) is 19.7. The van der Waals surface area contributed by atoms with Crippen molar-refractivity contribution in [2.24, 2.45) is 0 Å². The molecule has 41 heavy (non-hydrogen) atoms. The third-order valence-electron chi connectivity index (χ3n) is 8.30. The molecular formula is C30H27F3N2O6. The Bertz CT molecular complexity index is 1590. The molecule has 4 aromatic rings. The molecular weight excluding hydrogens is 541 g/mol. The zero-order valence-electron chi connectivity index (χ0n) is 21.9. The first-order valence-electron chi connectivity index (χ1n) is 13.7. The van der Waals surface area contributed by atoms with E-state index in [1.807, 2.05) is 18.2 Å². The number of rotatable bonds is 8. The lowest BCUT2D eigenvalue weighted by Gasteiger charge is -2.40. The number of nitrogens with zero attached hydrogens (tertiary/aromatic N) is 2. The molecule has 1 saturated carbocycles. The minimum Gasteiger partial charge on any atom is -0.475 e. The zero-order valence-corrected chi connectivity index (χ0v) is 21.9. The molecule has 2 unspecified atom stereocenters. The Labute approximate surface area is 232 Å². The number of ether oxygens (including phenoxy) is 2. The molecule has 2 aromatic carbocycles. The predicted octanol–water partition coefficient (Wildman–Crippen LogP) is 7.28. The number of fused-ring (bicyclic) bond motifs is 3. The van der Waals surface area contributed by atoms with Crippen molar-refractivity contribution in [2.45, 2.75) is 75.6 Å². The molecule has 8 nitrogen and oxygen atoms in total. The molecule has 2 atom stereocenters. The van der Waals surface area contributed by atoms with Gasteiger partial charge < -0.3 is 28.4 Å². The Balaban J connectivity index is 1.09. The van der Waals surface area contributed by atoms with Crippen LogP contribution >= 0.6 is 0 Å². The number of para-hydroxylation sites is 1. The number of carboxylic acid groups (broad SMARTS) is 1. The quantitative estimate of drug-likeness (QED) is 0.237. The van der Waals surface area contributed by atoms with Crippen LogP contribution in [-0.4, -0.2) is 40.8 Å². The van der Waals surface area contributed by atoms with E-state index >= 15 is 0 Å². The second-order valence-electron chi connectivity index (χ2n) is 11.0. The molecule has 0 amide bonds. The summed E-state index contributed by atoms with van der Waals surface area (Å²) in [5.74, 6) is -0.635. The summed E-state index contributed by atoms with van der Waals surface area (Å²) in [6, 6.07) is 13.8. The maximum absolute atomic E-state index is 13.1. The van der Waals surface area contributed by atoms with Gasteiger partial charge in [-0.2, -0.15) is 0 Å². The highest BCUT2D eigenvalue weighted by Crippen LogP contribution is 2.46. The fourth-order valence-electron chi connectivity index (χ4n) is 6.40. The van der Waals surface area contributed by atoms with Gasteiger partial charge in [0, 0.05) is 40.2 Å². The smallest absolute Gasteiger partial charge is 0.475 e. The summed E-state index contributed by atoms with van der Waals surface area (Å²) < 4.78 is 61.1. The second-order valence-corrected chi connectivity index (χ2v) is 11.0. The summed E-state index contributed by atoms with van der Waals surface area (Å²) >= 11 is 0. The van der Waals surface area contributed by atoms with E-state index in [4.69, 9.17) is 13.7 Å². The summed E-state index contributed by atoms with van der Waals surface area (Å²) in [6.45, 7) is 0.189. The highest BCUT2D eigenvalue weighted by Gasteiger charge is 2.42. The van der Waals surface area contributed by atoms with E-state index in [0.717, 1.165) is 49.6 Å². The molecule has 0 spiro atoms. The van der Waals surface area contributed by atoms with Crippen molar-refractivity contribution in [1.29, 1.82) is 0 Å².